The Kier molecular flexibility index (Phi) is 7.08. The molecule has 1 atom stereocenters. The van der Waals surface area contributed by atoms with Crippen molar-refractivity contribution in [3.05, 3.63) is 30.3 Å². The standard InChI is InChI=1S/C13H21NO2S/c1-2-8-14(9-11-15)10-12-17(16)13-6-4-3-5-7-13/h3-7,15H,2,8-12H2,1H3. The molecular formula is C13H21NO2S. The van der Waals surface area contributed by atoms with Crippen LogP contribution in [0.4, 0.5) is 0 Å². The zero-order valence-corrected chi connectivity index (χ0v) is 11.2. The topological polar surface area (TPSA) is 40.5 Å². The molecule has 0 radical (unpaired) electrons. The fourth-order valence-electron chi connectivity index (χ4n) is 1.70. The summed E-state index contributed by atoms with van der Waals surface area (Å²) in [5.41, 5.74) is 0. The lowest BCUT2D eigenvalue weighted by atomic mass is 10.4. The van der Waals surface area contributed by atoms with Gasteiger partial charge in [-0.2, -0.15) is 0 Å². The van der Waals surface area contributed by atoms with Gasteiger partial charge in [0.25, 0.3) is 0 Å². The molecule has 0 spiro atoms. The molecule has 96 valence electrons. The van der Waals surface area contributed by atoms with Gasteiger partial charge in [-0.1, -0.05) is 25.1 Å². The molecule has 0 bridgehead atoms. The van der Waals surface area contributed by atoms with Crippen molar-refractivity contribution in [3.63, 3.8) is 0 Å². The first-order chi connectivity index (χ1) is 8.27. The smallest absolute Gasteiger partial charge is 0.0558 e. The molecule has 1 aromatic carbocycles. The number of hydrogen-bond acceptors (Lipinski definition) is 3. The molecule has 1 aromatic rings. The van der Waals surface area contributed by atoms with Gasteiger partial charge in [0, 0.05) is 23.7 Å². The molecular weight excluding hydrogens is 234 g/mol. The maximum atomic E-state index is 12.0. The number of nitrogens with zero attached hydrogens (tertiary/aromatic N) is 1. The van der Waals surface area contributed by atoms with E-state index in [9.17, 15) is 4.21 Å². The van der Waals surface area contributed by atoms with E-state index in [1.807, 2.05) is 30.3 Å². The number of aliphatic hydroxyl groups is 1. The maximum absolute atomic E-state index is 12.0. The van der Waals surface area contributed by atoms with E-state index in [1.165, 1.54) is 0 Å². The Morgan fingerprint density at radius 1 is 1.18 bits per heavy atom. The van der Waals surface area contributed by atoms with E-state index in [2.05, 4.69) is 11.8 Å². The lowest BCUT2D eigenvalue weighted by Crippen LogP contribution is -2.31. The molecule has 0 aliphatic heterocycles. The van der Waals surface area contributed by atoms with E-state index in [-0.39, 0.29) is 6.61 Å². The summed E-state index contributed by atoms with van der Waals surface area (Å²) in [5.74, 6) is 0.629. The minimum absolute atomic E-state index is 0.165. The van der Waals surface area contributed by atoms with E-state index in [0.29, 0.717) is 12.3 Å². The van der Waals surface area contributed by atoms with Crippen molar-refractivity contribution in [3.8, 4) is 0 Å². The monoisotopic (exact) mass is 255 g/mol. The summed E-state index contributed by atoms with van der Waals surface area (Å²) >= 11 is 0. The molecule has 17 heavy (non-hydrogen) atoms. The SMILES string of the molecule is CCCN(CCO)CCS(=O)c1ccccc1. The molecule has 0 saturated carbocycles. The summed E-state index contributed by atoms with van der Waals surface area (Å²) in [6.07, 6.45) is 1.05. The Morgan fingerprint density at radius 2 is 1.88 bits per heavy atom. The lowest BCUT2D eigenvalue weighted by Gasteiger charge is -2.19. The van der Waals surface area contributed by atoms with Crippen molar-refractivity contribution in [2.45, 2.75) is 18.2 Å². The highest BCUT2D eigenvalue weighted by Crippen LogP contribution is 2.06. The van der Waals surface area contributed by atoms with Crippen LogP contribution in [0.2, 0.25) is 0 Å². The Labute approximate surface area is 106 Å². The normalized spacial score (nSPS) is 12.9. The Bertz CT molecular complexity index is 323. The van der Waals surface area contributed by atoms with Crippen molar-refractivity contribution in [2.75, 3.05) is 32.0 Å². The number of aliphatic hydroxyl groups excluding tert-OH is 1. The van der Waals surface area contributed by atoms with Gasteiger partial charge in [0.1, 0.15) is 0 Å². The van der Waals surface area contributed by atoms with Crippen LogP contribution in [0.1, 0.15) is 13.3 Å². The quantitative estimate of drug-likeness (QED) is 0.765. The number of hydrogen-bond donors (Lipinski definition) is 1. The van der Waals surface area contributed by atoms with Crippen LogP contribution in [0.5, 0.6) is 0 Å². The largest absolute Gasteiger partial charge is 0.395 e. The van der Waals surface area contributed by atoms with Crippen molar-refractivity contribution < 1.29 is 9.32 Å². The first-order valence-electron chi connectivity index (χ1n) is 6.04. The molecule has 0 amide bonds. The van der Waals surface area contributed by atoms with Gasteiger partial charge in [0.05, 0.1) is 17.4 Å². The Balaban J connectivity index is 2.41. The summed E-state index contributed by atoms with van der Waals surface area (Å²) < 4.78 is 12.0. The van der Waals surface area contributed by atoms with Gasteiger partial charge in [-0.3, -0.25) is 4.21 Å². The molecule has 0 saturated heterocycles. The van der Waals surface area contributed by atoms with Crippen LogP contribution in [0.15, 0.2) is 35.2 Å². The average Bonchev–Trinajstić information content (AvgIpc) is 2.37. The highest BCUT2D eigenvalue weighted by Gasteiger charge is 2.07. The summed E-state index contributed by atoms with van der Waals surface area (Å²) in [4.78, 5) is 3.04. The second-order valence-corrected chi connectivity index (χ2v) is 5.50. The highest BCUT2D eigenvalue weighted by molar-refractivity contribution is 7.85. The van der Waals surface area contributed by atoms with Crippen LogP contribution in [0, 0.1) is 0 Å². The second-order valence-electron chi connectivity index (χ2n) is 3.93. The van der Waals surface area contributed by atoms with Crippen LogP contribution in [0.3, 0.4) is 0 Å². The van der Waals surface area contributed by atoms with Gasteiger partial charge < -0.3 is 10.0 Å². The molecule has 0 aliphatic rings. The predicted octanol–water partition coefficient (Wildman–Crippen LogP) is 1.50. The third-order valence-electron chi connectivity index (χ3n) is 2.56. The molecule has 1 unspecified atom stereocenters. The van der Waals surface area contributed by atoms with E-state index < -0.39 is 10.8 Å². The van der Waals surface area contributed by atoms with Gasteiger partial charge in [0.2, 0.25) is 0 Å². The summed E-state index contributed by atoms with van der Waals surface area (Å²) in [6, 6.07) is 9.53. The summed E-state index contributed by atoms with van der Waals surface area (Å²) in [7, 11) is -0.934. The maximum Gasteiger partial charge on any atom is 0.0558 e. The minimum atomic E-state index is -0.934. The van der Waals surface area contributed by atoms with Crippen LogP contribution in [-0.4, -0.2) is 46.2 Å². The van der Waals surface area contributed by atoms with Crippen molar-refractivity contribution >= 4 is 10.8 Å². The van der Waals surface area contributed by atoms with Gasteiger partial charge in [0.15, 0.2) is 0 Å². The molecule has 0 aliphatic carbocycles. The molecule has 3 nitrogen and oxygen atoms in total. The average molecular weight is 255 g/mol. The first-order valence-corrected chi connectivity index (χ1v) is 7.36. The third-order valence-corrected chi connectivity index (χ3v) is 3.91. The minimum Gasteiger partial charge on any atom is -0.395 e. The van der Waals surface area contributed by atoms with Crippen LogP contribution >= 0.6 is 0 Å². The lowest BCUT2D eigenvalue weighted by molar-refractivity contribution is 0.203. The molecule has 0 heterocycles. The van der Waals surface area contributed by atoms with Crippen LogP contribution in [0.25, 0.3) is 0 Å². The van der Waals surface area contributed by atoms with E-state index in [0.717, 1.165) is 24.4 Å². The van der Waals surface area contributed by atoms with E-state index in [4.69, 9.17) is 5.11 Å². The third kappa shape index (κ3) is 5.44. The molecule has 4 heteroatoms. The van der Waals surface area contributed by atoms with Crippen molar-refractivity contribution in [1.29, 1.82) is 0 Å². The zero-order chi connectivity index (χ0) is 12.5. The van der Waals surface area contributed by atoms with Gasteiger partial charge in [-0.25, -0.2) is 0 Å². The Hall–Kier alpha value is -0.710. The van der Waals surface area contributed by atoms with E-state index in [1.54, 1.807) is 0 Å². The van der Waals surface area contributed by atoms with Crippen LogP contribution < -0.4 is 0 Å². The number of benzene rings is 1. The highest BCUT2D eigenvalue weighted by atomic mass is 32.2. The molecule has 1 rings (SSSR count). The summed E-state index contributed by atoms with van der Waals surface area (Å²) in [6.45, 7) is 4.67. The van der Waals surface area contributed by atoms with Crippen molar-refractivity contribution in [2.24, 2.45) is 0 Å². The van der Waals surface area contributed by atoms with Gasteiger partial charge >= 0.3 is 0 Å². The molecule has 0 fully saturated rings. The van der Waals surface area contributed by atoms with Crippen LogP contribution in [-0.2, 0) is 10.8 Å². The number of rotatable bonds is 8. The fraction of sp³-hybridized carbons (Fsp3) is 0.538. The van der Waals surface area contributed by atoms with Gasteiger partial charge in [-0.15, -0.1) is 0 Å². The van der Waals surface area contributed by atoms with E-state index >= 15 is 0 Å². The summed E-state index contributed by atoms with van der Waals surface area (Å²) in [5, 5.41) is 8.93. The molecule has 0 aromatic heterocycles. The van der Waals surface area contributed by atoms with Crippen molar-refractivity contribution in [1.82, 2.24) is 4.90 Å². The second kappa shape index (κ2) is 8.39. The fourth-order valence-corrected chi connectivity index (χ4v) is 2.82. The predicted molar refractivity (Wildman–Crippen MR) is 71.5 cm³/mol. The Morgan fingerprint density at radius 3 is 2.47 bits per heavy atom. The molecule has 1 N–H and O–H groups in total. The zero-order valence-electron chi connectivity index (χ0n) is 10.3. The first kappa shape index (κ1) is 14.4. The van der Waals surface area contributed by atoms with Gasteiger partial charge in [-0.05, 0) is 25.1 Å².